The second-order valence-electron chi connectivity index (χ2n) is 4.20. The number of hydrogen-bond donors (Lipinski definition) is 3. The summed E-state index contributed by atoms with van der Waals surface area (Å²) in [4.78, 5) is 23.0. The molecule has 1 aromatic carbocycles. The molecule has 110 valence electrons. The minimum Gasteiger partial charge on any atom is -0.478 e. The van der Waals surface area contributed by atoms with Gasteiger partial charge in [-0.25, -0.2) is 9.59 Å². The van der Waals surface area contributed by atoms with Gasteiger partial charge in [-0.1, -0.05) is 22.9 Å². The number of carbonyl (C=O) groups excluding carboxylic acids is 1. The summed E-state index contributed by atoms with van der Waals surface area (Å²) >= 11 is 4.55. The highest BCUT2D eigenvalue weighted by molar-refractivity contribution is 9.10. The van der Waals surface area contributed by atoms with Gasteiger partial charge < -0.3 is 10.4 Å². The van der Waals surface area contributed by atoms with Crippen LogP contribution in [0.3, 0.4) is 0 Å². The Kier molecular flexibility index (Phi) is 4.98. The number of hydrogen-bond acceptors (Lipinski definition) is 3. The van der Waals surface area contributed by atoms with E-state index in [0.717, 1.165) is 16.5 Å². The van der Waals surface area contributed by atoms with Gasteiger partial charge in [-0.3, -0.25) is 5.32 Å². The average molecular weight is 369 g/mol. The van der Waals surface area contributed by atoms with Gasteiger partial charge >= 0.3 is 12.0 Å². The van der Waals surface area contributed by atoms with Crippen LogP contribution >= 0.6 is 27.3 Å². The molecule has 3 N–H and O–H groups in total. The molecule has 0 aliphatic heterocycles. The third-order valence-electron chi connectivity index (χ3n) is 2.82. The normalized spacial score (nSPS) is 10.2. The van der Waals surface area contributed by atoms with Crippen molar-refractivity contribution in [1.29, 1.82) is 0 Å². The Morgan fingerprint density at radius 3 is 2.71 bits per heavy atom. The number of benzene rings is 1. The molecule has 0 radical (unpaired) electrons. The molecule has 0 aliphatic rings. The molecule has 2 aromatic rings. The molecule has 0 saturated heterocycles. The molecule has 0 aliphatic carbocycles. The van der Waals surface area contributed by atoms with Crippen LogP contribution in [0.15, 0.2) is 34.1 Å². The minimum absolute atomic E-state index is 0.0849. The van der Waals surface area contributed by atoms with Crippen LogP contribution in [0, 0.1) is 0 Å². The highest BCUT2D eigenvalue weighted by Crippen LogP contribution is 2.25. The number of halogens is 1. The largest absolute Gasteiger partial charge is 0.478 e. The Hall–Kier alpha value is -1.86. The van der Waals surface area contributed by atoms with E-state index in [0.29, 0.717) is 10.7 Å². The summed E-state index contributed by atoms with van der Waals surface area (Å²) in [6.07, 6.45) is 0.772. The third-order valence-corrected chi connectivity index (χ3v) is 4.14. The number of rotatable bonds is 4. The summed E-state index contributed by atoms with van der Waals surface area (Å²) in [5, 5.41) is 16.2. The molecule has 0 unspecified atom stereocenters. The third kappa shape index (κ3) is 3.83. The lowest BCUT2D eigenvalue weighted by atomic mass is 10.1. The van der Waals surface area contributed by atoms with Crippen LogP contribution in [-0.4, -0.2) is 17.1 Å². The fourth-order valence-corrected chi connectivity index (χ4v) is 2.99. The minimum atomic E-state index is -1.07. The predicted molar refractivity (Wildman–Crippen MR) is 87.4 cm³/mol. The monoisotopic (exact) mass is 368 g/mol. The molecule has 0 saturated carbocycles. The molecular formula is C14H13BrN2O3S. The maximum Gasteiger partial charge on any atom is 0.338 e. The Morgan fingerprint density at radius 1 is 1.29 bits per heavy atom. The van der Waals surface area contributed by atoms with Crippen molar-refractivity contribution in [1.82, 2.24) is 0 Å². The van der Waals surface area contributed by atoms with E-state index in [1.165, 1.54) is 17.4 Å². The summed E-state index contributed by atoms with van der Waals surface area (Å²) in [5.41, 5.74) is 1.78. The Morgan fingerprint density at radius 2 is 2.05 bits per heavy atom. The molecule has 1 heterocycles. The van der Waals surface area contributed by atoms with Crippen LogP contribution in [-0.2, 0) is 6.42 Å². The number of nitrogens with one attached hydrogen (secondary N) is 2. The van der Waals surface area contributed by atoms with Crippen LogP contribution in [0.2, 0.25) is 0 Å². The van der Waals surface area contributed by atoms with Crippen molar-refractivity contribution in [2.45, 2.75) is 13.3 Å². The molecule has 7 heteroatoms. The number of amides is 2. The highest BCUT2D eigenvalue weighted by atomic mass is 79.9. The van der Waals surface area contributed by atoms with Crippen molar-refractivity contribution in [2.24, 2.45) is 0 Å². The second kappa shape index (κ2) is 6.73. The molecule has 0 spiro atoms. The first-order chi connectivity index (χ1) is 10.0. The van der Waals surface area contributed by atoms with Gasteiger partial charge in [0.25, 0.3) is 0 Å². The molecule has 21 heavy (non-hydrogen) atoms. The van der Waals surface area contributed by atoms with Gasteiger partial charge in [0.1, 0.15) is 5.00 Å². The van der Waals surface area contributed by atoms with Crippen molar-refractivity contribution < 1.29 is 14.7 Å². The van der Waals surface area contributed by atoms with Crippen LogP contribution in [0.1, 0.15) is 22.8 Å². The zero-order valence-electron chi connectivity index (χ0n) is 11.1. The fourth-order valence-electron chi connectivity index (χ4n) is 1.81. The summed E-state index contributed by atoms with van der Waals surface area (Å²) < 4.78 is 0.941. The number of carboxylic acid groups (broad SMARTS) is 1. The lowest BCUT2D eigenvalue weighted by molar-refractivity contribution is 0.0698. The highest BCUT2D eigenvalue weighted by Gasteiger charge is 2.14. The smallest absolute Gasteiger partial charge is 0.338 e. The van der Waals surface area contributed by atoms with Gasteiger partial charge in [-0.15, -0.1) is 11.3 Å². The van der Waals surface area contributed by atoms with Crippen molar-refractivity contribution in [3.05, 3.63) is 45.2 Å². The van der Waals surface area contributed by atoms with Crippen molar-refractivity contribution in [3.8, 4) is 0 Å². The number of aromatic carboxylic acids is 1. The maximum absolute atomic E-state index is 12.0. The van der Waals surface area contributed by atoms with Crippen molar-refractivity contribution >= 4 is 50.0 Å². The molecule has 1 aromatic heterocycles. The van der Waals surface area contributed by atoms with E-state index in [1.807, 2.05) is 19.1 Å². The number of carboxylic acids is 1. The van der Waals surface area contributed by atoms with Crippen LogP contribution in [0.5, 0.6) is 0 Å². The van der Waals surface area contributed by atoms with Crippen LogP contribution < -0.4 is 10.6 Å². The lowest BCUT2D eigenvalue weighted by Crippen LogP contribution is -2.20. The van der Waals surface area contributed by atoms with Crippen LogP contribution in [0.25, 0.3) is 0 Å². The SMILES string of the molecule is CCc1cc(Br)ccc1NC(=O)Nc1sccc1C(=O)O. The maximum atomic E-state index is 12.0. The number of urea groups is 1. The quantitative estimate of drug-likeness (QED) is 0.747. The summed E-state index contributed by atoms with van der Waals surface area (Å²) in [6, 6.07) is 6.57. The van der Waals surface area contributed by atoms with Crippen LogP contribution in [0.4, 0.5) is 15.5 Å². The number of carbonyl (C=O) groups is 2. The number of anilines is 2. The van der Waals surface area contributed by atoms with E-state index in [-0.39, 0.29) is 5.56 Å². The second-order valence-corrected chi connectivity index (χ2v) is 6.03. The first-order valence-electron chi connectivity index (χ1n) is 6.18. The molecule has 0 fully saturated rings. The molecule has 5 nitrogen and oxygen atoms in total. The van der Waals surface area contributed by atoms with Gasteiger partial charge in [0, 0.05) is 10.2 Å². The average Bonchev–Trinajstić information content (AvgIpc) is 2.89. The molecule has 2 rings (SSSR count). The summed E-state index contributed by atoms with van der Waals surface area (Å²) in [6.45, 7) is 1.99. The van der Waals surface area contributed by atoms with E-state index in [9.17, 15) is 9.59 Å². The lowest BCUT2D eigenvalue weighted by Gasteiger charge is -2.11. The topological polar surface area (TPSA) is 78.4 Å². The van der Waals surface area contributed by atoms with Gasteiger partial charge in [0.05, 0.1) is 5.56 Å². The number of aryl methyl sites for hydroxylation is 1. The first kappa shape index (κ1) is 15.5. The van der Waals surface area contributed by atoms with Gasteiger partial charge in [0.2, 0.25) is 0 Å². The van der Waals surface area contributed by atoms with E-state index < -0.39 is 12.0 Å². The van der Waals surface area contributed by atoms with Crippen molar-refractivity contribution in [3.63, 3.8) is 0 Å². The summed E-state index contributed by atoms with van der Waals surface area (Å²) in [7, 11) is 0. The zero-order valence-corrected chi connectivity index (χ0v) is 13.5. The van der Waals surface area contributed by atoms with E-state index in [2.05, 4.69) is 26.6 Å². The Bertz CT molecular complexity index is 685. The van der Waals surface area contributed by atoms with E-state index in [1.54, 1.807) is 11.4 Å². The first-order valence-corrected chi connectivity index (χ1v) is 7.85. The molecule has 0 atom stereocenters. The van der Waals surface area contributed by atoms with E-state index >= 15 is 0 Å². The predicted octanol–water partition coefficient (Wildman–Crippen LogP) is 4.42. The molecule has 0 bridgehead atoms. The van der Waals surface area contributed by atoms with E-state index in [4.69, 9.17) is 5.11 Å². The Labute approximate surface area is 134 Å². The van der Waals surface area contributed by atoms with Crippen molar-refractivity contribution in [2.75, 3.05) is 10.6 Å². The molecular weight excluding hydrogens is 356 g/mol. The summed E-state index contributed by atoms with van der Waals surface area (Å²) in [5.74, 6) is -1.07. The number of thiophene rings is 1. The Balaban J connectivity index is 2.12. The van der Waals surface area contributed by atoms with Gasteiger partial charge in [-0.2, -0.15) is 0 Å². The van der Waals surface area contributed by atoms with Gasteiger partial charge in [0.15, 0.2) is 0 Å². The zero-order chi connectivity index (χ0) is 15.4. The fraction of sp³-hybridized carbons (Fsp3) is 0.143. The van der Waals surface area contributed by atoms with Gasteiger partial charge in [-0.05, 0) is 41.6 Å². The standard InChI is InChI=1S/C14H13BrN2O3S/c1-2-8-7-9(15)3-4-11(8)16-14(20)17-12-10(13(18)19)5-6-21-12/h3-7H,2H2,1H3,(H,18,19)(H2,16,17,20). The molecule has 2 amide bonds.